The molecule has 2 aliphatic heterocycles. The van der Waals surface area contributed by atoms with Gasteiger partial charge >= 0.3 is 0 Å². The molecule has 0 aliphatic carbocycles. The molecule has 2 bridgehead atoms. The Morgan fingerprint density at radius 1 is 1.11 bits per heavy atom. The highest BCUT2D eigenvalue weighted by atomic mass is 15.0. The van der Waals surface area contributed by atoms with Gasteiger partial charge < -0.3 is 5.32 Å². The lowest BCUT2D eigenvalue weighted by molar-refractivity contribution is 0.222. The molecule has 2 rings (SSSR count). The largest absolute Gasteiger partial charge is 0.316 e. The summed E-state index contributed by atoms with van der Waals surface area (Å²) in [5.41, 5.74) is 0. The van der Waals surface area contributed by atoms with Gasteiger partial charge in [0.25, 0.3) is 0 Å². The molecule has 2 heteroatoms. The first kappa shape index (κ1) is 5.69. The molecule has 1 radical (unpaired) electrons. The van der Waals surface area contributed by atoms with Crippen LogP contribution in [0.2, 0.25) is 0 Å². The van der Waals surface area contributed by atoms with Crippen LogP contribution >= 0.6 is 0 Å². The van der Waals surface area contributed by atoms with Crippen molar-refractivity contribution in [2.24, 2.45) is 11.8 Å². The van der Waals surface area contributed by atoms with E-state index in [1.807, 2.05) is 0 Å². The van der Waals surface area contributed by atoms with Gasteiger partial charge in [0.05, 0.1) is 0 Å². The van der Waals surface area contributed by atoms with Gasteiger partial charge in [-0.25, -0.2) is 5.32 Å². The van der Waals surface area contributed by atoms with Gasteiger partial charge in [-0.3, -0.25) is 0 Å². The lowest BCUT2D eigenvalue weighted by Crippen LogP contribution is -2.46. The van der Waals surface area contributed by atoms with Gasteiger partial charge in [-0.1, -0.05) is 0 Å². The van der Waals surface area contributed by atoms with Crippen molar-refractivity contribution < 1.29 is 0 Å². The molecule has 2 atom stereocenters. The van der Waals surface area contributed by atoms with Crippen LogP contribution in [0.5, 0.6) is 0 Å². The molecule has 2 saturated heterocycles. The number of hydrogen-bond acceptors (Lipinski definition) is 1. The average Bonchev–Trinajstić information content (AvgIpc) is 1.88. The molecule has 0 spiro atoms. The van der Waals surface area contributed by atoms with Crippen LogP contribution in [0.4, 0.5) is 0 Å². The summed E-state index contributed by atoms with van der Waals surface area (Å²) in [6.07, 6.45) is 1.43. The number of piperidine rings is 2. The van der Waals surface area contributed by atoms with E-state index in [0.717, 1.165) is 24.9 Å². The third-order valence-electron chi connectivity index (χ3n) is 2.31. The second kappa shape index (κ2) is 2.27. The van der Waals surface area contributed by atoms with Crippen LogP contribution in [0.15, 0.2) is 0 Å². The minimum absolute atomic E-state index is 0.873. The minimum atomic E-state index is 0.873. The van der Waals surface area contributed by atoms with Crippen LogP contribution in [-0.2, 0) is 0 Å². The van der Waals surface area contributed by atoms with Gasteiger partial charge in [0.2, 0.25) is 0 Å². The molecule has 0 saturated carbocycles. The standard InChI is InChI=1S/C7H13N2/c1-6-2-8-4-7(1)5-9-3-6/h6-8H,1-5H2. The summed E-state index contributed by atoms with van der Waals surface area (Å²) in [5, 5.41) is 7.85. The second-order valence-electron chi connectivity index (χ2n) is 3.21. The van der Waals surface area contributed by atoms with Crippen LogP contribution in [0.1, 0.15) is 6.42 Å². The fraction of sp³-hybridized carbons (Fsp3) is 1.00. The fourth-order valence-corrected chi connectivity index (χ4v) is 1.85. The highest BCUT2D eigenvalue weighted by Gasteiger charge is 2.25. The fourth-order valence-electron chi connectivity index (χ4n) is 1.85. The Balaban J connectivity index is 1.96. The van der Waals surface area contributed by atoms with E-state index in [1.165, 1.54) is 19.5 Å². The predicted octanol–water partition coefficient (Wildman–Crippen LogP) is -0.170. The van der Waals surface area contributed by atoms with Crippen molar-refractivity contribution in [2.45, 2.75) is 6.42 Å². The molecule has 2 unspecified atom stereocenters. The molecule has 2 heterocycles. The van der Waals surface area contributed by atoms with Gasteiger partial charge in [0, 0.05) is 13.1 Å². The molecule has 0 aromatic carbocycles. The Hall–Kier alpha value is -0.0800. The molecule has 0 aromatic heterocycles. The highest BCUT2D eigenvalue weighted by Crippen LogP contribution is 2.19. The first-order valence-corrected chi connectivity index (χ1v) is 3.79. The minimum Gasteiger partial charge on any atom is -0.316 e. The summed E-state index contributed by atoms with van der Waals surface area (Å²) in [7, 11) is 0. The Bertz CT molecular complexity index is 83.1. The molecule has 2 aliphatic rings. The van der Waals surface area contributed by atoms with E-state index in [4.69, 9.17) is 0 Å². The maximum absolute atomic E-state index is 4.42. The molecular weight excluding hydrogens is 112 g/mol. The average molecular weight is 125 g/mol. The number of hydrogen-bond donors (Lipinski definition) is 1. The Morgan fingerprint density at radius 3 is 2.33 bits per heavy atom. The van der Waals surface area contributed by atoms with Crippen LogP contribution < -0.4 is 10.6 Å². The van der Waals surface area contributed by atoms with Gasteiger partial charge in [0.15, 0.2) is 0 Å². The maximum atomic E-state index is 4.42. The Morgan fingerprint density at radius 2 is 1.78 bits per heavy atom. The van der Waals surface area contributed by atoms with Crippen LogP contribution in [0.3, 0.4) is 0 Å². The Kier molecular flexibility index (Phi) is 1.44. The van der Waals surface area contributed by atoms with Crippen molar-refractivity contribution in [3.63, 3.8) is 0 Å². The van der Waals surface area contributed by atoms with Crippen molar-refractivity contribution in [3.05, 3.63) is 0 Å². The topological polar surface area (TPSA) is 26.1 Å². The number of nitrogens with zero attached hydrogens (tertiary/aromatic N) is 1. The summed E-state index contributed by atoms with van der Waals surface area (Å²) in [6, 6.07) is 0. The third-order valence-corrected chi connectivity index (χ3v) is 2.31. The number of fused-ring (bicyclic) bond motifs is 2. The monoisotopic (exact) mass is 125 g/mol. The van der Waals surface area contributed by atoms with Gasteiger partial charge in [0.1, 0.15) is 0 Å². The SMILES string of the molecule is C1[N]CC2CNCC1C2. The molecule has 9 heavy (non-hydrogen) atoms. The van der Waals surface area contributed by atoms with Crippen molar-refractivity contribution >= 4 is 0 Å². The predicted molar refractivity (Wildman–Crippen MR) is 36.3 cm³/mol. The van der Waals surface area contributed by atoms with Gasteiger partial charge in [-0.05, 0) is 31.3 Å². The van der Waals surface area contributed by atoms with Crippen LogP contribution in [0.25, 0.3) is 0 Å². The molecule has 2 nitrogen and oxygen atoms in total. The van der Waals surface area contributed by atoms with Crippen molar-refractivity contribution in [3.8, 4) is 0 Å². The third kappa shape index (κ3) is 1.10. The van der Waals surface area contributed by atoms with E-state index in [-0.39, 0.29) is 0 Å². The zero-order chi connectivity index (χ0) is 6.10. The highest BCUT2D eigenvalue weighted by molar-refractivity contribution is 4.82. The van der Waals surface area contributed by atoms with E-state index < -0.39 is 0 Å². The van der Waals surface area contributed by atoms with Gasteiger partial charge in [-0.15, -0.1) is 0 Å². The lowest BCUT2D eigenvalue weighted by atomic mass is 9.87. The van der Waals surface area contributed by atoms with E-state index in [2.05, 4.69) is 10.6 Å². The quantitative estimate of drug-likeness (QED) is 0.478. The zero-order valence-electron chi connectivity index (χ0n) is 5.64. The second-order valence-corrected chi connectivity index (χ2v) is 3.21. The maximum Gasteiger partial charge on any atom is 0.0174 e. The molecule has 2 fully saturated rings. The van der Waals surface area contributed by atoms with E-state index >= 15 is 0 Å². The Labute approximate surface area is 56.0 Å². The van der Waals surface area contributed by atoms with Crippen molar-refractivity contribution in [1.29, 1.82) is 0 Å². The molecule has 1 N–H and O–H groups in total. The summed E-state index contributed by atoms with van der Waals surface area (Å²) in [6.45, 7) is 4.65. The number of nitrogens with one attached hydrogen (secondary N) is 1. The van der Waals surface area contributed by atoms with Crippen LogP contribution in [0, 0.1) is 11.8 Å². The van der Waals surface area contributed by atoms with Gasteiger partial charge in [-0.2, -0.15) is 0 Å². The summed E-state index contributed by atoms with van der Waals surface area (Å²) >= 11 is 0. The summed E-state index contributed by atoms with van der Waals surface area (Å²) in [4.78, 5) is 0. The first-order chi connectivity index (χ1) is 4.45. The molecule has 0 aromatic rings. The smallest absolute Gasteiger partial charge is 0.0174 e. The van der Waals surface area contributed by atoms with E-state index in [1.54, 1.807) is 0 Å². The normalized spacial score (nSPS) is 42.7. The lowest BCUT2D eigenvalue weighted by Gasteiger charge is -2.34. The zero-order valence-corrected chi connectivity index (χ0v) is 5.64. The van der Waals surface area contributed by atoms with Crippen LogP contribution in [-0.4, -0.2) is 26.2 Å². The number of rotatable bonds is 0. The summed E-state index contributed by atoms with van der Waals surface area (Å²) < 4.78 is 0. The molecule has 51 valence electrons. The molecule has 0 amide bonds. The molecular formula is C7H13N2. The van der Waals surface area contributed by atoms with E-state index in [9.17, 15) is 0 Å². The van der Waals surface area contributed by atoms with Crippen molar-refractivity contribution in [1.82, 2.24) is 10.6 Å². The summed E-state index contributed by atoms with van der Waals surface area (Å²) in [5.74, 6) is 1.75. The van der Waals surface area contributed by atoms with E-state index in [0.29, 0.717) is 0 Å². The van der Waals surface area contributed by atoms with Crippen molar-refractivity contribution in [2.75, 3.05) is 26.2 Å². The first-order valence-electron chi connectivity index (χ1n) is 3.79.